The van der Waals surface area contributed by atoms with Crippen LogP contribution in [0, 0.1) is 22.7 Å². The lowest BCUT2D eigenvalue weighted by atomic mass is 9.93. The lowest BCUT2D eigenvalue weighted by Crippen LogP contribution is -1.92. The van der Waals surface area contributed by atoms with Crippen LogP contribution in [0.3, 0.4) is 0 Å². The summed E-state index contributed by atoms with van der Waals surface area (Å²) in [5.41, 5.74) is 3.02. The van der Waals surface area contributed by atoms with E-state index in [-0.39, 0.29) is 5.57 Å². The summed E-state index contributed by atoms with van der Waals surface area (Å²) in [6, 6.07) is 16.7. The van der Waals surface area contributed by atoms with Gasteiger partial charge < -0.3 is 9.72 Å². The highest BCUT2D eigenvalue weighted by Crippen LogP contribution is 2.34. The molecule has 3 aromatic rings. The SMILES string of the molecule is COc1ccc2[nH]cc(C(=C(C#N)C#N)c3ccc(Cl)cc3)c2c1. The summed E-state index contributed by atoms with van der Waals surface area (Å²) < 4.78 is 5.28. The van der Waals surface area contributed by atoms with Gasteiger partial charge in [-0.05, 0) is 35.9 Å². The van der Waals surface area contributed by atoms with Crippen LogP contribution in [-0.2, 0) is 0 Å². The Morgan fingerprint density at radius 1 is 1.08 bits per heavy atom. The van der Waals surface area contributed by atoms with Crippen LogP contribution in [0.5, 0.6) is 5.75 Å². The third kappa shape index (κ3) is 2.72. The van der Waals surface area contributed by atoms with Gasteiger partial charge in [-0.15, -0.1) is 0 Å². The lowest BCUT2D eigenvalue weighted by molar-refractivity contribution is 0.415. The van der Waals surface area contributed by atoms with Crippen molar-refractivity contribution in [3.05, 3.63) is 70.4 Å². The van der Waals surface area contributed by atoms with Gasteiger partial charge in [0, 0.05) is 33.3 Å². The Morgan fingerprint density at radius 2 is 1.79 bits per heavy atom. The minimum atomic E-state index is 0.0426. The number of fused-ring (bicyclic) bond motifs is 1. The van der Waals surface area contributed by atoms with E-state index >= 15 is 0 Å². The molecule has 0 aliphatic heterocycles. The number of nitriles is 2. The van der Waals surface area contributed by atoms with Gasteiger partial charge in [-0.2, -0.15) is 10.5 Å². The zero-order chi connectivity index (χ0) is 17.1. The van der Waals surface area contributed by atoms with E-state index in [0.717, 1.165) is 22.0 Å². The Bertz CT molecular complexity index is 1000. The van der Waals surface area contributed by atoms with Crippen LogP contribution in [0.4, 0.5) is 0 Å². The highest BCUT2D eigenvalue weighted by Gasteiger charge is 2.16. The van der Waals surface area contributed by atoms with Gasteiger partial charge in [-0.1, -0.05) is 23.7 Å². The van der Waals surface area contributed by atoms with Crippen molar-refractivity contribution in [3.63, 3.8) is 0 Å². The Morgan fingerprint density at radius 3 is 2.42 bits per heavy atom. The number of benzene rings is 2. The summed E-state index contributed by atoms with van der Waals surface area (Å²) in [5, 5.41) is 20.3. The van der Waals surface area contributed by atoms with E-state index in [9.17, 15) is 10.5 Å². The number of H-pyrrole nitrogens is 1. The molecular weight excluding hydrogens is 322 g/mol. The largest absolute Gasteiger partial charge is 0.497 e. The number of nitrogens with zero attached hydrogens (tertiary/aromatic N) is 2. The summed E-state index contributed by atoms with van der Waals surface area (Å²) in [7, 11) is 1.60. The molecule has 0 aliphatic carbocycles. The average Bonchev–Trinajstić information content (AvgIpc) is 3.03. The normalized spacial score (nSPS) is 10.0. The minimum absolute atomic E-state index is 0.0426. The molecule has 24 heavy (non-hydrogen) atoms. The molecule has 4 nitrogen and oxygen atoms in total. The van der Waals surface area contributed by atoms with Crippen molar-refractivity contribution in [2.45, 2.75) is 0 Å². The van der Waals surface area contributed by atoms with Crippen molar-refractivity contribution in [1.82, 2.24) is 4.98 Å². The van der Waals surface area contributed by atoms with Crippen molar-refractivity contribution in [1.29, 1.82) is 10.5 Å². The van der Waals surface area contributed by atoms with Gasteiger partial charge >= 0.3 is 0 Å². The van der Waals surface area contributed by atoms with E-state index in [1.54, 1.807) is 37.6 Å². The molecule has 0 aliphatic rings. The first-order valence-corrected chi connectivity index (χ1v) is 7.51. The minimum Gasteiger partial charge on any atom is -0.497 e. The van der Waals surface area contributed by atoms with Gasteiger partial charge in [0.2, 0.25) is 0 Å². The first kappa shape index (κ1) is 15.7. The number of hydrogen-bond acceptors (Lipinski definition) is 3. The first-order chi connectivity index (χ1) is 11.7. The van der Waals surface area contributed by atoms with Crippen molar-refractivity contribution in [2.24, 2.45) is 0 Å². The molecule has 3 rings (SSSR count). The van der Waals surface area contributed by atoms with Gasteiger partial charge in [0.15, 0.2) is 0 Å². The number of ether oxygens (including phenoxy) is 1. The molecule has 0 spiro atoms. The fourth-order valence-corrected chi connectivity index (χ4v) is 2.75. The Kier molecular flexibility index (Phi) is 4.24. The highest BCUT2D eigenvalue weighted by molar-refractivity contribution is 6.30. The quantitative estimate of drug-likeness (QED) is 0.707. The monoisotopic (exact) mass is 333 g/mol. The maximum atomic E-state index is 9.39. The van der Waals surface area contributed by atoms with Gasteiger partial charge in [0.05, 0.1) is 7.11 Å². The van der Waals surface area contributed by atoms with Crippen LogP contribution in [-0.4, -0.2) is 12.1 Å². The average molecular weight is 334 g/mol. The lowest BCUT2D eigenvalue weighted by Gasteiger charge is -2.08. The molecule has 0 atom stereocenters. The summed E-state index contributed by atoms with van der Waals surface area (Å²) in [6.45, 7) is 0. The molecule has 0 amide bonds. The van der Waals surface area contributed by atoms with Gasteiger partial charge in [-0.25, -0.2) is 0 Å². The molecule has 1 aromatic heterocycles. The maximum absolute atomic E-state index is 9.39. The maximum Gasteiger partial charge on any atom is 0.138 e. The van der Waals surface area contributed by atoms with Crippen LogP contribution < -0.4 is 4.74 Å². The first-order valence-electron chi connectivity index (χ1n) is 7.14. The third-order valence-corrected chi connectivity index (χ3v) is 4.02. The van der Waals surface area contributed by atoms with Crippen molar-refractivity contribution < 1.29 is 4.74 Å². The molecule has 0 saturated heterocycles. The molecule has 2 aromatic carbocycles. The van der Waals surface area contributed by atoms with E-state index in [4.69, 9.17) is 16.3 Å². The Balaban J connectivity index is 2.32. The molecule has 0 saturated carbocycles. The van der Waals surface area contributed by atoms with E-state index in [0.29, 0.717) is 16.3 Å². The zero-order valence-electron chi connectivity index (χ0n) is 12.8. The van der Waals surface area contributed by atoms with Gasteiger partial charge in [0.1, 0.15) is 23.5 Å². The van der Waals surface area contributed by atoms with Crippen molar-refractivity contribution >= 4 is 28.1 Å². The van der Waals surface area contributed by atoms with Crippen LogP contribution >= 0.6 is 11.6 Å². The summed E-state index contributed by atoms with van der Waals surface area (Å²) in [6.07, 6.45) is 1.79. The zero-order valence-corrected chi connectivity index (χ0v) is 13.6. The molecule has 116 valence electrons. The second kappa shape index (κ2) is 6.50. The van der Waals surface area contributed by atoms with Crippen molar-refractivity contribution in [2.75, 3.05) is 7.11 Å². The van der Waals surface area contributed by atoms with E-state index in [2.05, 4.69) is 4.98 Å². The number of nitrogens with one attached hydrogen (secondary N) is 1. The fraction of sp³-hybridized carbons (Fsp3) is 0.0526. The number of hydrogen-bond donors (Lipinski definition) is 1. The standard InChI is InChI=1S/C19H12ClN3O/c1-24-15-6-7-18-16(8-15)17(11-23-18)19(13(9-21)10-22)12-2-4-14(20)5-3-12/h2-8,11,23H,1H3. The third-order valence-electron chi connectivity index (χ3n) is 3.76. The molecular formula is C19H12ClN3O. The van der Waals surface area contributed by atoms with Crippen LogP contribution in [0.1, 0.15) is 11.1 Å². The second-order valence-corrected chi connectivity index (χ2v) is 5.53. The number of aromatic amines is 1. The van der Waals surface area contributed by atoms with Gasteiger partial charge in [0.25, 0.3) is 0 Å². The van der Waals surface area contributed by atoms with E-state index < -0.39 is 0 Å². The summed E-state index contributed by atoms with van der Waals surface area (Å²) >= 11 is 5.95. The fourth-order valence-electron chi connectivity index (χ4n) is 2.62. The molecule has 1 heterocycles. The molecule has 5 heteroatoms. The topological polar surface area (TPSA) is 72.6 Å². The summed E-state index contributed by atoms with van der Waals surface area (Å²) in [5.74, 6) is 0.703. The number of methoxy groups -OCH3 is 1. The highest BCUT2D eigenvalue weighted by atomic mass is 35.5. The van der Waals surface area contributed by atoms with Crippen LogP contribution in [0.15, 0.2) is 54.2 Å². The number of rotatable bonds is 3. The van der Waals surface area contributed by atoms with Gasteiger partial charge in [-0.3, -0.25) is 0 Å². The molecule has 0 unspecified atom stereocenters. The van der Waals surface area contributed by atoms with E-state index in [1.807, 2.05) is 30.3 Å². The number of allylic oxidation sites excluding steroid dienone is 1. The van der Waals surface area contributed by atoms with E-state index in [1.165, 1.54) is 0 Å². The Labute approximate surface area is 144 Å². The molecule has 0 radical (unpaired) electrons. The predicted molar refractivity (Wildman–Crippen MR) is 93.6 cm³/mol. The molecule has 0 fully saturated rings. The summed E-state index contributed by atoms with van der Waals surface area (Å²) in [4.78, 5) is 3.17. The van der Waals surface area contributed by atoms with Crippen LogP contribution in [0.2, 0.25) is 5.02 Å². The number of halogens is 1. The predicted octanol–water partition coefficient (Wildman–Crippen LogP) is 4.68. The second-order valence-electron chi connectivity index (χ2n) is 5.09. The molecule has 1 N–H and O–H groups in total. The van der Waals surface area contributed by atoms with Crippen LogP contribution in [0.25, 0.3) is 16.5 Å². The Hall–Kier alpha value is -3.21. The smallest absolute Gasteiger partial charge is 0.138 e. The van der Waals surface area contributed by atoms with Crippen molar-refractivity contribution in [3.8, 4) is 17.9 Å². The molecule has 0 bridgehead atoms. The number of aromatic nitrogens is 1.